The second-order valence-corrected chi connectivity index (χ2v) is 5.72. The van der Waals surface area contributed by atoms with Gasteiger partial charge in [-0.25, -0.2) is 0 Å². The standard InChI is InChI=1S/C14H15F3N2O/c1-13-6-2-3-11(13)18-9-5-4-8(14(15,16)17)7-10(9)19-12(13)20/h4-5,7,11,18H,2-3,6H2,1H3,(H,19,20). The Kier molecular flexibility index (Phi) is 2.74. The van der Waals surface area contributed by atoms with E-state index in [1.807, 2.05) is 6.92 Å². The Morgan fingerprint density at radius 1 is 1.30 bits per heavy atom. The summed E-state index contributed by atoms with van der Waals surface area (Å²) in [5, 5.41) is 5.87. The van der Waals surface area contributed by atoms with Gasteiger partial charge in [0, 0.05) is 6.04 Å². The van der Waals surface area contributed by atoms with Crippen LogP contribution in [-0.4, -0.2) is 11.9 Å². The first-order chi connectivity index (χ1) is 9.30. The highest BCUT2D eigenvalue weighted by molar-refractivity contribution is 6.00. The zero-order valence-electron chi connectivity index (χ0n) is 11.0. The first-order valence-corrected chi connectivity index (χ1v) is 6.60. The van der Waals surface area contributed by atoms with E-state index >= 15 is 0 Å². The molecule has 6 heteroatoms. The third-order valence-corrected chi connectivity index (χ3v) is 4.40. The van der Waals surface area contributed by atoms with Crippen molar-refractivity contribution in [2.45, 2.75) is 38.4 Å². The van der Waals surface area contributed by atoms with E-state index in [4.69, 9.17) is 0 Å². The summed E-state index contributed by atoms with van der Waals surface area (Å²) in [7, 11) is 0. The number of carbonyl (C=O) groups is 1. The Balaban J connectivity index is 2.02. The molecule has 20 heavy (non-hydrogen) atoms. The predicted molar refractivity (Wildman–Crippen MR) is 69.4 cm³/mol. The van der Waals surface area contributed by atoms with Crippen molar-refractivity contribution < 1.29 is 18.0 Å². The molecule has 108 valence electrons. The van der Waals surface area contributed by atoms with Crippen LogP contribution in [-0.2, 0) is 11.0 Å². The molecule has 2 aliphatic rings. The summed E-state index contributed by atoms with van der Waals surface area (Å²) in [6.45, 7) is 1.86. The molecule has 2 unspecified atom stereocenters. The average Bonchev–Trinajstić information content (AvgIpc) is 2.68. The number of amides is 1. The second kappa shape index (κ2) is 4.14. The third-order valence-electron chi connectivity index (χ3n) is 4.40. The number of benzene rings is 1. The zero-order chi connectivity index (χ0) is 14.5. The quantitative estimate of drug-likeness (QED) is 0.764. The molecule has 1 aromatic rings. The number of hydrogen-bond donors (Lipinski definition) is 2. The van der Waals surface area contributed by atoms with Gasteiger partial charge in [0.05, 0.1) is 22.4 Å². The molecular formula is C14H15F3N2O. The lowest BCUT2D eigenvalue weighted by molar-refractivity contribution is -0.137. The molecule has 0 radical (unpaired) electrons. The van der Waals surface area contributed by atoms with Crippen molar-refractivity contribution in [2.75, 3.05) is 10.6 Å². The van der Waals surface area contributed by atoms with Crippen molar-refractivity contribution >= 4 is 17.3 Å². The van der Waals surface area contributed by atoms with Crippen LogP contribution >= 0.6 is 0 Å². The van der Waals surface area contributed by atoms with Gasteiger partial charge in [-0.1, -0.05) is 6.42 Å². The van der Waals surface area contributed by atoms with Gasteiger partial charge in [0.15, 0.2) is 0 Å². The summed E-state index contributed by atoms with van der Waals surface area (Å²) in [4.78, 5) is 12.3. The Bertz CT molecular complexity index is 570. The SMILES string of the molecule is CC12CCCC1Nc1ccc(C(F)(F)F)cc1NC2=O. The molecule has 2 N–H and O–H groups in total. The van der Waals surface area contributed by atoms with Crippen molar-refractivity contribution in [1.29, 1.82) is 0 Å². The van der Waals surface area contributed by atoms with Crippen LogP contribution in [0.5, 0.6) is 0 Å². The maximum absolute atomic E-state index is 12.7. The monoisotopic (exact) mass is 284 g/mol. The van der Waals surface area contributed by atoms with E-state index < -0.39 is 17.2 Å². The van der Waals surface area contributed by atoms with Gasteiger partial charge >= 0.3 is 6.18 Å². The van der Waals surface area contributed by atoms with Crippen LogP contribution in [0.25, 0.3) is 0 Å². The zero-order valence-corrected chi connectivity index (χ0v) is 11.0. The molecule has 0 spiro atoms. The fourth-order valence-electron chi connectivity index (χ4n) is 3.07. The van der Waals surface area contributed by atoms with E-state index in [0.29, 0.717) is 5.69 Å². The Morgan fingerprint density at radius 3 is 2.75 bits per heavy atom. The molecule has 0 bridgehead atoms. The van der Waals surface area contributed by atoms with E-state index in [-0.39, 0.29) is 17.6 Å². The molecule has 1 heterocycles. The molecule has 0 aromatic heterocycles. The van der Waals surface area contributed by atoms with Crippen LogP contribution < -0.4 is 10.6 Å². The van der Waals surface area contributed by atoms with Crippen LogP contribution in [0.15, 0.2) is 18.2 Å². The second-order valence-electron chi connectivity index (χ2n) is 5.72. The molecule has 1 aliphatic heterocycles. The third kappa shape index (κ3) is 1.94. The highest BCUT2D eigenvalue weighted by Gasteiger charge is 2.47. The maximum atomic E-state index is 12.7. The summed E-state index contributed by atoms with van der Waals surface area (Å²) in [5.41, 5.74) is -0.546. The minimum atomic E-state index is -4.41. The van der Waals surface area contributed by atoms with E-state index in [9.17, 15) is 18.0 Å². The number of hydrogen-bond acceptors (Lipinski definition) is 2. The van der Waals surface area contributed by atoms with Crippen LogP contribution in [0.3, 0.4) is 0 Å². The van der Waals surface area contributed by atoms with Gasteiger partial charge in [0.2, 0.25) is 5.91 Å². The van der Waals surface area contributed by atoms with Crippen LogP contribution in [0.1, 0.15) is 31.7 Å². The first-order valence-electron chi connectivity index (χ1n) is 6.60. The van der Waals surface area contributed by atoms with Gasteiger partial charge in [-0.3, -0.25) is 4.79 Å². The van der Waals surface area contributed by atoms with Crippen LogP contribution in [0, 0.1) is 5.41 Å². The fourth-order valence-corrected chi connectivity index (χ4v) is 3.07. The molecule has 1 saturated carbocycles. The van der Waals surface area contributed by atoms with Crippen molar-refractivity contribution in [3.63, 3.8) is 0 Å². The van der Waals surface area contributed by atoms with Gasteiger partial charge in [0.25, 0.3) is 0 Å². The number of halogens is 3. The minimum absolute atomic E-state index is 0.0273. The number of rotatable bonds is 0. The van der Waals surface area contributed by atoms with Crippen molar-refractivity contribution in [1.82, 2.24) is 0 Å². The molecule has 0 saturated heterocycles. The van der Waals surface area contributed by atoms with Gasteiger partial charge in [0.1, 0.15) is 0 Å². The summed E-state index contributed by atoms with van der Waals surface area (Å²) < 4.78 is 38.2. The van der Waals surface area contributed by atoms with E-state index in [1.165, 1.54) is 6.07 Å². The van der Waals surface area contributed by atoms with Crippen LogP contribution in [0.2, 0.25) is 0 Å². The predicted octanol–water partition coefficient (Wildman–Crippen LogP) is 3.63. The summed E-state index contributed by atoms with van der Waals surface area (Å²) >= 11 is 0. The average molecular weight is 284 g/mol. The van der Waals surface area contributed by atoms with Crippen LogP contribution in [0.4, 0.5) is 24.5 Å². The molecule has 1 amide bonds. The lowest BCUT2D eigenvalue weighted by Gasteiger charge is -2.27. The lowest BCUT2D eigenvalue weighted by Crippen LogP contribution is -2.41. The Morgan fingerprint density at radius 2 is 2.05 bits per heavy atom. The lowest BCUT2D eigenvalue weighted by atomic mass is 9.84. The molecular weight excluding hydrogens is 269 g/mol. The fraction of sp³-hybridized carbons (Fsp3) is 0.500. The maximum Gasteiger partial charge on any atom is 0.416 e. The number of fused-ring (bicyclic) bond motifs is 2. The number of carbonyl (C=O) groups excluding carboxylic acids is 1. The molecule has 1 fully saturated rings. The first kappa shape index (κ1) is 13.3. The Labute approximate surface area is 114 Å². The number of nitrogens with one attached hydrogen (secondary N) is 2. The normalized spacial score (nSPS) is 29.0. The molecule has 3 rings (SSSR count). The Hall–Kier alpha value is -1.72. The van der Waals surface area contributed by atoms with E-state index in [2.05, 4.69) is 10.6 Å². The van der Waals surface area contributed by atoms with Gasteiger partial charge < -0.3 is 10.6 Å². The summed E-state index contributed by atoms with van der Waals surface area (Å²) in [6.07, 6.45) is -1.87. The largest absolute Gasteiger partial charge is 0.416 e. The number of anilines is 2. The smallest absolute Gasteiger partial charge is 0.380 e. The van der Waals surface area contributed by atoms with Crippen molar-refractivity contribution in [3.05, 3.63) is 23.8 Å². The van der Waals surface area contributed by atoms with Gasteiger partial charge in [-0.15, -0.1) is 0 Å². The molecule has 2 atom stereocenters. The van der Waals surface area contributed by atoms with Gasteiger partial charge in [-0.05, 0) is 38.0 Å². The van der Waals surface area contributed by atoms with Gasteiger partial charge in [-0.2, -0.15) is 13.2 Å². The highest BCUT2D eigenvalue weighted by atomic mass is 19.4. The topological polar surface area (TPSA) is 41.1 Å². The molecule has 3 nitrogen and oxygen atoms in total. The summed E-state index contributed by atoms with van der Waals surface area (Å²) in [5.74, 6) is -0.203. The molecule has 1 aliphatic carbocycles. The number of alkyl halides is 3. The van der Waals surface area contributed by atoms with E-state index in [0.717, 1.165) is 31.4 Å². The minimum Gasteiger partial charge on any atom is -0.380 e. The summed E-state index contributed by atoms with van der Waals surface area (Å²) in [6, 6.07) is 3.39. The van der Waals surface area contributed by atoms with E-state index in [1.54, 1.807) is 0 Å². The van der Waals surface area contributed by atoms with Crippen molar-refractivity contribution in [2.24, 2.45) is 5.41 Å². The molecule has 1 aromatic carbocycles. The highest BCUT2D eigenvalue weighted by Crippen LogP contribution is 2.45. The van der Waals surface area contributed by atoms with Crippen molar-refractivity contribution in [3.8, 4) is 0 Å².